The number of ketones is 1. The maximum atomic E-state index is 12.9. The highest BCUT2D eigenvalue weighted by Gasteiger charge is 2.35. The first-order chi connectivity index (χ1) is 13.6. The monoisotopic (exact) mass is 371 g/mol. The van der Waals surface area contributed by atoms with Crippen molar-refractivity contribution in [3.8, 4) is 0 Å². The fourth-order valence-corrected chi connectivity index (χ4v) is 4.35. The van der Waals surface area contributed by atoms with E-state index in [0.717, 1.165) is 51.7 Å². The molecular formula is C22H17N3O3. The number of nitrogens with one attached hydrogen (secondary N) is 1. The number of hydrogen-bond donors (Lipinski definition) is 1. The minimum Gasteiger partial charge on any atom is -0.373 e. The number of nitro groups is 1. The number of anilines is 1. The number of non-ortho nitro benzene ring substituents is 1. The molecule has 1 aliphatic carbocycles. The molecule has 1 aromatic heterocycles. The number of fused-ring (bicyclic) bond motifs is 4. The average Bonchev–Trinajstić information content (AvgIpc) is 2.73. The lowest BCUT2D eigenvalue weighted by Crippen LogP contribution is -2.27. The minimum atomic E-state index is -0.405. The van der Waals surface area contributed by atoms with E-state index < -0.39 is 4.92 Å². The molecule has 6 heteroatoms. The number of carbonyl (C=O) groups is 1. The highest BCUT2D eigenvalue weighted by Crippen LogP contribution is 2.47. The van der Waals surface area contributed by atoms with Gasteiger partial charge >= 0.3 is 0 Å². The van der Waals surface area contributed by atoms with Crippen molar-refractivity contribution in [2.45, 2.75) is 25.3 Å². The Hall–Kier alpha value is -3.54. The van der Waals surface area contributed by atoms with Gasteiger partial charge in [0.05, 0.1) is 16.5 Å². The van der Waals surface area contributed by atoms with Gasteiger partial charge in [-0.15, -0.1) is 0 Å². The summed E-state index contributed by atoms with van der Waals surface area (Å²) in [4.78, 5) is 28.2. The first-order valence-electron chi connectivity index (χ1n) is 9.29. The van der Waals surface area contributed by atoms with Crippen molar-refractivity contribution >= 4 is 33.6 Å². The van der Waals surface area contributed by atoms with Gasteiger partial charge < -0.3 is 5.32 Å². The predicted octanol–water partition coefficient (Wildman–Crippen LogP) is 4.82. The van der Waals surface area contributed by atoms with E-state index in [4.69, 9.17) is 0 Å². The molecule has 138 valence electrons. The molecule has 0 radical (unpaired) electrons. The van der Waals surface area contributed by atoms with Gasteiger partial charge in [0.2, 0.25) is 0 Å². The molecule has 1 N–H and O–H groups in total. The Bertz CT molecular complexity index is 1180. The van der Waals surface area contributed by atoms with Crippen molar-refractivity contribution in [1.29, 1.82) is 0 Å². The first kappa shape index (κ1) is 16.6. The third-order valence-corrected chi connectivity index (χ3v) is 5.55. The Morgan fingerprint density at radius 3 is 2.86 bits per heavy atom. The number of aromatic nitrogens is 1. The van der Waals surface area contributed by atoms with Gasteiger partial charge in [0.25, 0.3) is 5.69 Å². The van der Waals surface area contributed by atoms with Crippen molar-refractivity contribution in [1.82, 2.24) is 4.98 Å². The zero-order valence-corrected chi connectivity index (χ0v) is 15.0. The number of nitrogens with zero attached hydrogens (tertiary/aromatic N) is 2. The van der Waals surface area contributed by atoms with Gasteiger partial charge in [0.15, 0.2) is 5.78 Å². The maximum Gasteiger partial charge on any atom is 0.269 e. The van der Waals surface area contributed by atoms with Crippen LogP contribution in [0.3, 0.4) is 0 Å². The van der Waals surface area contributed by atoms with Gasteiger partial charge in [-0.3, -0.25) is 19.9 Å². The van der Waals surface area contributed by atoms with E-state index >= 15 is 0 Å². The molecule has 28 heavy (non-hydrogen) atoms. The van der Waals surface area contributed by atoms with Crippen molar-refractivity contribution in [2.24, 2.45) is 0 Å². The highest BCUT2D eigenvalue weighted by molar-refractivity contribution is 6.12. The molecule has 3 aromatic rings. The molecule has 0 fully saturated rings. The van der Waals surface area contributed by atoms with Gasteiger partial charge in [-0.1, -0.05) is 18.2 Å². The number of hydrogen-bond acceptors (Lipinski definition) is 5. The fraction of sp³-hybridized carbons (Fsp3) is 0.182. The summed E-state index contributed by atoms with van der Waals surface area (Å²) in [6, 6.07) is 14.0. The number of benzene rings is 2. The third-order valence-electron chi connectivity index (χ3n) is 5.55. The summed E-state index contributed by atoms with van der Waals surface area (Å²) in [5.41, 5.74) is 5.39. The van der Waals surface area contributed by atoms with Crippen LogP contribution in [0.15, 0.2) is 60.3 Å². The van der Waals surface area contributed by atoms with E-state index in [1.165, 1.54) is 6.07 Å². The summed E-state index contributed by atoms with van der Waals surface area (Å²) in [6.45, 7) is 0. The first-order valence-corrected chi connectivity index (χ1v) is 9.29. The Morgan fingerprint density at radius 2 is 2.00 bits per heavy atom. The lowest BCUT2D eigenvalue weighted by atomic mass is 9.77. The van der Waals surface area contributed by atoms with E-state index in [1.54, 1.807) is 18.3 Å². The van der Waals surface area contributed by atoms with E-state index in [9.17, 15) is 14.9 Å². The molecule has 6 nitrogen and oxygen atoms in total. The molecule has 5 rings (SSSR count). The smallest absolute Gasteiger partial charge is 0.269 e. The van der Waals surface area contributed by atoms with E-state index in [1.807, 2.05) is 30.3 Å². The van der Waals surface area contributed by atoms with Crippen LogP contribution in [-0.4, -0.2) is 15.7 Å². The van der Waals surface area contributed by atoms with Crippen molar-refractivity contribution in [2.75, 3.05) is 5.32 Å². The van der Waals surface area contributed by atoms with Crippen LogP contribution in [0.2, 0.25) is 0 Å². The summed E-state index contributed by atoms with van der Waals surface area (Å²) in [5.74, 6) is 0.108. The average molecular weight is 371 g/mol. The van der Waals surface area contributed by atoms with Crippen LogP contribution < -0.4 is 5.32 Å². The maximum absolute atomic E-state index is 12.9. The van der Waals surface area contributed by atoms with Gasteiger partial charge in [0, 0.05) is 47.0 Å². The van der Waals surface area contributed by atoms with Crippen LogP contribution in [0.1, 0.15) is 36.4 Å². The van der Waals surface area contributed by atoms with Crippen LogP contribution >= 0.6 is 0 Å². The summed E-state index contributed by atoms with van der Waals surface area (Å²) in [6.07, 6.45) is 3.90. The second kappa shape index (κ2) is 6.27. The van der Waals surface area contributed by atoms with Crippen molar-refractivity contribution in [3.05, 3.63) is 81.5 Å². The molecule has 0 saturated carbocycles. The summed E-state index contributed by atoms with van der Waals surface area (Å²) < 4.78 is 0. The van der Waals surface area contributed by atoms with Crippen LogP contribution in [0.4, 0.5) is 11.4 Å². The number of pyridine rings is 1. The number of Topliss-reactive ketones (excluding diaryl/α,β-unsaturated/α-hetero) is 1. The quantitative estimate of drug-likeness (QED) is 0.516. The number of rotatable bonds is 2. The highest BCUT2D eigenvalue weighted by atomic mass is 16.6. The summed E-state index contributed by atoms with van der Waals surface area (Å²) in [5, 5.41) is 15.7. The minimum absolute atomic E-state index is 0.0261. The second-order valence-electron chi connectivity index (χ2n) is 7.16. The number of nitro benzene ring substituents is 1. The van der Waals surface area contributed by atoms with Crippen LogP contribution in [-0.2, 0) is 4.79 Å². The Balaban J connectivity index is 1.76. The van der Waals surface area contributed by atoms with Gasteiger partial charge in [-0.05, 0) is 42.2 Å². The molecule has 1 aliphatic heterocycles. The van der Waals surface area contributed by atoms with Gasteiger partial charge in [0.1, 0.15) is 0 Å². The molecule has 0 spiro atoms. The van der Waals surface area contributed by atoms with E-state index in [0.29, 0.717) is 6.42 Å². The molecule has 2 heterocycles. The van der Waals surface area contributed by atoms with Crippen LogP contribution in [0.5, 0.6) is 0 Å². The number of carbonyl (C=O) groups excluding carboxylic acids is 1. The lowest BCUT2D eigenvalue weighted by Gasteiger charge is -2.35. The lowest BCUT2D eigenvalue weighted by molar-refractivity contribution is -0.384. The van der Waals surface area contributed by atoms with E-state index in [2.05, 4.69) is 10.3 Å². The largest absolute Gasteiger partial charge is 0.373 e. The van der Waals surface area contributed by atoms with E-state index in [-0.39, 0.29) is 17.5 Å². The Labute approximate surface area is 161 Å². The SMILES string of the molecule is O=C1CCCC2=C1[C@@H](c1cccc([N+](=O)[O-])c1)Nc1ccc3ncccc3c12. The molecule has 2 aromatic carbocycles. The van der Waals surface area contributed by atoms with Crippen LogP contribution in [0.25, 0.3) is 16.5 Å². The molecule has 2 aliphatic rings. The standard InChI is InChI=1S/C22H17N3O3/c26-19-8-2-6-16-20-15-7-3-11-23-17(15)9-10-18(20)24-22(21(16)19)13-4-1-5-14(12-13)25(27)28/h1,3-5,7,9-12,22,24H,2,6,8H2/t22-/m1/s1. The molecule has 1 atom stereocenters. The van der Waals surface area contributed by atoms with Crippen molar-refractivity contribution < 1.29 is 9.72 Å². The Kier molecular flexibility index (Phi) is 3.72. The summed E-state index contributed by atoms with van der Waals surface area (Å²) >= 11 is 0. The van der Waals surface area contributed by atoms with Crippen LogP contribution in [0, 0.1) is 10.1 Å². The zero-order valence-electron chi connectivity index (χ0n) is 15.0. The molecule has 0 unspecified atom stereocenters. The second-order valence-corrected chi connectivity index (χ2v) is 7.16. The van der Waals surface area contributed by atoms with Crippen molar-refractivity contribution in [3.63, 3.8) is 0 Å². The molecule has 0 saturated heterocycles. The molecule has 0 amide bonds. The normalized spacial score (nSPS) is 18.4. The van der Waals surface area contributed by atoms with Gasteiger partial charge in [-0.2, -0.15) is 0 Å². The summed E-state index contributed by atoms with van der Waals surface area (Å²) in [7, 11) is 0. The fourth-order valence-electron chi connectivity index (χ4n) is 4.35. The zero-order chi connectivity index (χ0) is 19.3. The third kappa shape index (κ3) is 2.49. The predicted molar refractivity (Wildman–Crippen MR) is 107 cm³/mol. The van der Waals surface area contributed by atoms with Gasteiger partial charge in [-0.25, -0.2) is 0 Å². The number of allylic oxidation sites excluding steroid dienone is 1. The topological polar surface area (TPSA) is 85.1 Å². The molecular weight excluding hydrogens is 354 g/mol. The molecule has 0 bridgehead atoms. The Morgan fingerprint density at radius 1 is 1.11 bits per heavy atom.